The summed E-state index contributed by atoms with van der Waals surface area (Å²) < 4.78 is 5.55. The zero-order chi connectivity index (χ0) is 20.5. The standard InChI is InChI=1S/C21H27N5O2/c1-12(2)16-10-18(21(4,5)27)26-20(25-16)24-14-7-8-15(17(9-14)28-6)19-22-11-13(3)23-19/h7-12,27H,1-6H3,(H,22,23)(H,24,25,26). The third-order valence-corrected chi connectivity index (χ3v) is 4.38. The largest absolute Gasteiger partial charge is 0.496 e. The first-order valence-corrected chi connectivity index (χ1v) is 9.26. The maximum atomic E-state index is 10.4. The van der Waals surface area contributed by atoms with E-state index in [0.29, 0.717) is 17.4 Å². The Labute approximate surface area is 165 Å². The first-order chi connectivity index (χ1) is 13.2. The summed E-state index contributed by atoms with van der Waals surface area (Å²) in [4.78, 5) is 16.7. The number of hydrogen-bond acceptors (Lipinski definition) is 6. The summed E-state index contributed by atoms with van der Waals surface area (Å²) in [7, 11) is 1.63. The molecule has 3 rings (SSSR count). The SMILES string of the molecule is COc1cc(Nc2nc(C(C)C)cc(C(C)(C)O)n2)ccc1-c1ncc(C)[nH]1. The number of nitrogens with one attached hydrogen (secondary N) is 2. The monoisotopic (exact) mass is 381 g/mol. The summed E-state index contributed by atoms with van der Waals surface area (Å²) in [6.45, 7) is 9.50. The molecule has 0 amide bonds. The predicted molar refractivity (Wildman–Crippen MR) is 110 cm³/mol. The van der Waals surface area contributed by atoms with Crippen LogP contribution in [0.15, 0.2) is 30.5 Å². The Balaban J connectivity index is 1.96. The summed E-state index contributed by atoms with van der Waals surface area (Å²) in [5.74, 6) is 2.08. The number of aromatic amines is 1. The molecule has 1 aromatic carbocycles. The lowest BCUT2D eigenvalue weighted by Gasteiger charge is -2.19. The Hall–Kier alpha value is -2.93. The zero-order valence-electron chi connectivity index (χ0n) is 17.2. The molecule has 3 N–H and O–H groups in total. The number of hydrogen-bond donors (Lipinski definition) is 3. The van der Waals surface area contributed by atoms with Gasteiger partial charge in [-0.05, 0) is 44.9 Å². The van der Waals surface area contributed by atoms with Gasteiger partial charge in [0.15, 0.2) is 0 Å². The van der Waals surface area contributed by atoms with Crippen LogP contribution in [0.25, 0.3) is 11.4 Å². The lowest BCUT2D eigenvalue weighted by molar-refractivity contribution is 0.0737. The van der Waals surface area contributed by atoms with Crippen LogP contribution in [-0.4, -0.2) is 32.2 Å². The van der Waals surface area contributed by atoms with Crippen LogP contribution in [0.5, 0.6) is 5.75 Å². The average molecular weight is 381 g/mol. The Morgan fingerprint density at radius 3 is 2.50 bits per heavy atom. The highest BCUT2D eigenvalue weighted by molar-refractivity contribution is 5.70. The number of aromatic nitrogens is 4. The molecule has 0 unspecified atom stereocenters. The highest BCUT2D eigenvalue weighted by Gasteiger charge is 2.21. The van der Waals surface area contributed by atoms with E-state index in [9.17, 15) is 5.11 Å². The quantitative estimate of drug-likeness (QED) is 0.590. The van der Waals surface area contributed by atoms with Crippen LogP contribution >= 0.6 is 0 Å². The maximum Gasteiger partial charge on any atom is 0.227 e. The Kier molecular flexibility index (Phi) is 5.38. The number of benzene rings is 1. The molecular formula is C21H27N5O2. The highest BCUT2D eigenvalue weighted by Crippen LogP contribution is 2.32. The highest BCUT2D eigenvalue weighted by atomic mass is 16.5. The normalized spacial score (nSPS) is 11.7. The first kappa shape index (κ1) is 19.8. The number of aryl methyl sites for hydroxylation is 1. The Bertz CT molecular complexity index is 973. The van der Waals surface area contributed by atoms with Gasteiger partial charge >= 0.3 is 0 Å². The summed E-state index contributed by atoms with van der Waals surface area (Å²) >= 11 is 0. The maximum absolute atomic E-state index is 10.4. The molecule has 148 valence electrons. The topological polar surface area (TPSA) is 95.9 Å². The predicted octanol–water partition coefficient (Wildman–Crippen LogP) is 4.28. The number of anilines is 2. The van der Waals surface area contributed by atoms with Gasteiger partial charge in [0.25, 0.3) is 0 Å². The fourth-order valence-corrected chi connectivity index (χ4v) is 2.77. The molecule has 0 aliphatic rings. The molecule has 0 aliphatic heterocycles. The molecule has 0 radical (unpaired) electrons. The van der Waals surface area contributed by atoms with E-state index >= 15 is 0 Å². The molecule has 2 heterocycles. The van der Waals surface area contributed by atoms with Crippen molar-refractivity contribution >= 4 is 11.6 Å². The molecule has 7 nitrogen and oxygen atoms in total. The van der Waals surface area contributed by atoms with Crippen LogP contribution in [-0.2, 0) is 5.60 Å². The van der Waals surface area contributed by atoms with Crippen molar-refractivity contribution in [1.29, 1.82) is 0 Å². The van der Waals surface area contributed by atoms with Crippen molar-refractivity contribution in [2.75, 3.05) is 12.4 Å². The van der Waals surface area contributed by atoms with E-state index in [4.69, 9.17) is 4.74 Å². The van der Waals surface area contributed by atoms with Crippen LogP contribution in [0, 0.1) is 6.92 Å². The molecule has 0 bridgehead atoms. The van der Waals surface area contributed by atoms with E-state index in [1.54, 1.807) is 27.2 Å². The molecular weight excluding hydrogens is 354 g/mol. The minimum absolute atomic E-state index is 0.212. The molecule has 2 aromatic heterocycles. The molecule has 7 heteroatoms. The van der Waals surface area contributed by atoms with E-state index in [1.165, 1.54) is 0 Å². The van der Waals surface area contributed by atoms with Crippen molar-refractivity contribution in [1.82, 2.24) is 19.9 Å². The van der Waals surface area contributed by atoms with Crippen LogP contribution < -0.4 is 10.1 Å². The van der Waals surface area contributed by atoms with E-state index < -0.39 is 5.60 Å². The van der Waals surface area contributed by atoms with Crippen LogP contribution in [0.4, 0.5) is 11.6 Å². The summed E-state index contributed by atoms with van der Waals surface area (Å²) in [6, 6.07) is 7.58. The Morgan fingerprint density at radius 1 is 1.18 bits per heavy atom. The van der Waals surface area contributed by atoms with E-state index in [-0.39, 0.29) is 5.92 Å². The number of H-pyrrole nitrogens is 1. The smallest absolute Gasteiger partial charge is 0.227 e. The van der Waals surface area contributed by atoms with Crippen molar-refractivity contribution < 1.29 is 9.84 Å². The average Bonchev–Trinajstić information content (AvgIpc) is 3.06. The minimum Gasteiger partial charge on any atom is -0.496 e. The van der Waals surface area contributed by atoms with Gasteiger partial charge in [-0.2, -0.15) is 0 Å². The van der Waals surface area contributed by atoms with Gasteiger partial charge in [0.05, 0.1) is 18.4 Å². The van der Waals surface area contributed by atoms with Crippen LogP contribution in [0.3, 0.4) is 0 Å². The number of methoxy groups -OCH3 is 1. The zero-order valence-corrected chi connectivity index (χ0v) is 17.2. The molecule has 0 atom stereocenters. The number of rotatable bonds is 6. The van der Waals surface area contributed by atoms with Gasteiger partial charge in [-0.1, -0.05) is 13.8 Å². The van der Waals surface area contributed by atoms with E-state index in [2.05, 4.69) is 39.1 Å². The van der Waals surface area contributed by atoms with Gasteiger partial charge < -0.3 is 20.1 Å². The van der Waals surface area contributed by atoms with Crippen molar-refractivity contribution in [2.45, 2.75) is 46.1 Å². The number of ether oxygens (including phenoxy) is 1. The number of nitrogens with zero attached hydrogens (tertiary/aromatic N) is 3. The molecule has 3 aromatic rings. The van der Waals surface area contributed by atoms with E-state index in [0.717, 1.165) is 28.5 Å². The van der Waals surface area contributed by atoms with Crippen LogP contribution in [0.2, 0.25) is 0 Å². The molecule has 0 spiro atoms. The fraction of sp³-hybridized carbons (Fsp3) is 0.381. The van der Waals surface area contributed by atoms with Gasteiger partial charge in [-0.3, -0.25) is 0 Å². The van der Waals surface area contributed by atoms with Crippen molar-refractivity contribution in [3.8, 4) is 17.1 Å². The van der Waals surface area contributed by atoms with Gasteiger partial charge in [0, 0.05) is 29.3 Å². The Morgan fingerprint density at radius 2 is 1.93 bits per heavy atom. The van der Waals surface area contributed by atoms with Crippen molar-refractivity contribution in [2.24, 2.45) is 0 Å². The first-order valence-electron chi connectivity index (χ1n) is 9.26. The summed E-state index contributed by atoms with van der Waals surface area (Å²) in [6.07, 6.45) is 1.78. The van der Waals surface area contributed by atoms with Gasteiger partial charge in [-0.15, -0.1) is 0 Å². The third kappa shape index (κ3) is 4.31. The molecule has 0 saturated heterocycles. The molecule has 28 heavy (non-hydrogen) atoms. The minimum atomic E-state index is -1.05. The van der Waals surface area contributed by atoms with E-state index in [1.807, 2.05) is 31.2 Å². The summed E-state index contributed by atoms with van der Waals surface area (Å²) in [5.41, 5.74) is 3.02. The molecule has 0 fully saturated rings. The van der Waals surface area contributed by atoms with Gasteiger partial charge in [0.1, 0.15) is 17.2 Å². The fourth-order valence-electron chi connectivity index (χ4n) is 2.77. The summed E-state index contributed by atoms with van der Waals surface area (Å²) in [5, 5.41) is 13.6. The molecule has 0 saturated carbocycles. The lowest BCUT2D eigenvalue weighted by atomic mass is 10.0. The number of imidazole rings is 1. The van der Waals surface area contributed by atoms with Crippen molar-refractivity contribution in [3.63, 3.8) is 0 Å². The second-order valence-electron chi connectivity index (χ2n) is 7.67. The lowest BCUT2D eigenvalue weighted by Crippen LogP contribution is -2.19. The second kappa shape index (κ2) is 7.59. The van der Waals surface area contributed by atoms with Gasteiger partial charge in [0.2, 0.25) is 5.95 Å². The molecule has 0 aliphatic carbocycles. The van der Waals surface area contributed by atoms with Gasteiger partial charge in [-0.25, -0.2) is 15.0 Å². The van der Waals surface area contributed by atoms with Crippen LogP contribution in [0.1, 0.15) is 50.7 Å². The van der Waals surface area contributed by atoms with Crippen molar-refractivity contribution in [3.05, 3.63) is 47.5 Å². The number of aliphatic hydroxyl groups is 1. The second-order valence-corrected chi connectivity index (χ2v) is 7.67. The third-order valence-electron chi connectivity index (χ3n) is 4.38.